The molecule has 6 heteroatoms. The molecule has 0 aromatic heterocycles. The summed E-state index contributed by atoms with van der Waals surface area (Å²) in [5.74, 6) is -0.795. The van der Waals surface area contributed by atoms with Crippen LogP contribution in [-0.2, 0) is 25.5 Å². The summed E-state index contributed by atoms with van der Waals surface area (Å²) in [5, 5.41) is 0. The first kappa shape index (κ1) is 18.6. The molecule has 2 aliphatic heterocycles. The third-order valence-corrected chi connectivity index (χ3v) is 5.24. The number of rotatable bonds is 5. The highest BCUT2D eigenvalue weighted by atomic mass is 16.5. The van der Waals surface area contributed by atoms with Crippen molar-refractivity contribution in [3.05, 3.63) is 29.8 Å². The maximum atomic E-state index is 12.9. The number of carbonyl (C=O) groups is 3. The zero-order valence-electron chi connectivity index (χ0n) is 15.4. The first-order valence-electron chi connectivity index (χ1n) is 9.41. The zero-order chi connectivity index (χ0) is 18.7. The molecule has 0 N–H and O–H groups in total. The SMILES string of the molecule is CCOC(=O)[C@@H]1CCCN([C@@H]2CC(=O)N(c3ccc(CC)cc3)C2=O)C1. The highest BCUT2D eigenvalue weighted by molar-refractivity contribution is 6.22. The monoisotopic (exact) mass is 358 g/mol. The Morgan fingerprint density at radius 2 is 1.92 bits per heavy atom. The van der Waals surface area contributed by atoms with Crippen molar-refractivity contribution in [3.63, 3.8) is 0 Å². The van der Waals surface area contributed by atoms with Crippen LogP contribution < -0.4 is 4.90 Å². The molecule has 0 spiro atoms. The van der Waals surface area contributed by atoms with E-state index < -0.39 is 6.04 Å². The Hall–Kier alpha value is -2.21. The lowest BCUT2D eigenvalue weighted by molar-refractivity contribution is -0.150. The number of esters is 1. The smallest absolute Gasteiger partial charge is 0.310 e. The van der Waals surface area contributed by atoms with Gasteiger partial charge in [0.15, 0.2) is 0 Å². The first-order valence-corrected chi connectivity index (χ1v) is 9.41. The fourth-order valence-corrected chi connectivity index (χ4v) is 3.80. The molecular weight excluding hydrogens is 332 g/mol. The number of piperidine rings is 1. The van der Waals surface area contributed by atoms with Crippen LogP contribution in [0.4, 0.5) is 5.69 Å². The predicted octanol–water partition coefficient (Wildman–Crippen LogP) is 2.16. The number of ether oxygens (including phenoxy) is 1. The second kappa shape index (κ2) is 7.99. The molecule has 2 heterocycles. The van der Waals surface area contributed by atoms with E-state index in [0.717, 1.165) is 31.4 Å². The molecule has 0 unspecified atom stereocenters. The van der Waals surface area contributed by atoms with Gasteiger partial charge >= 0.3 is 5.97 Å². The summed E-state index contributed by atoms with van der Waals surface area (Å²) in [6, 6.07) is 7.07. The quantitative estimate of drug-likeness (QED) is 0.596. The van der Waals surface area contributed by atoms with Crippen LogP contribution in [0.15, 0.2) is 24.3 Å². The third-order valence-electron chi connectivity index (χ3n) is 5.24. The van der Waals surface area contributed by atoms with Gasteiger partial charge in [0, 0.05) is 6.54 Å². The van der Waals surface area contributed by atoms with Crippen LogP contribution in [0, 0.1) is 5.92 Å². The number of benzene rings is 1. The van der Waals surface area contributed by atoms with Crippen molar-refractivity contribution in [1.29, 1.82) is 0 Å². The van der Waals surface area contributed by atoms with E-state index in [-0.39, 0.29) is 30.1 Å². The van der Waals surface area contributed by atoms with Crippen LogP contribution in [0.1, 0.15) is 38.7 Å². The summed E-state index contributed by atoms with van der Waals surface area (Å²) < 4.78 is 5.12. The van der Waals surface area contributed by atoms with Crippen molar-refractivity contribution >= 4 is 23.5 Å². The van der Waals surface area contributed by atoms with Gasteiger partial charge in [0.1, 0.15) is 0 Å². The molecule has 1 aromatic rings. The second-order valence-electron chi connectivity index (χ2n) is 6.89. The van der Waals surface area contributed by atoms with Gasteiger partial charge in [0.25, 0.3) is 5.91 Å². The standard InChI is InChI=1S/C20H26N2O4/c1-3-14-7-9-16(10-8-14)22-18(23)12-17(19(22)24)21-11-5-6-15(13-21)20(25)26-4-2/h7-10,15,17H,3-6,11-13H2,1-2H3/t15-,17-/m1/s1. The lowest BCUT2D eigenvalue weighted by Crippen LogP contribution is -2.48. The highest BCUT2D eigenvalue weighted by Gasteiger charge is 2.44. The Balaban J connectivity index is 1.72. The predicted molar refractivity (Wildman–Crippen MR) is 97.6 cm³/mol. The lowest BCUT2D eigenvalue weighted by Gasteiger charge is -2.34. The fourth-order valence-electron chi connectivity index (χ4n) is 3.80. The number of amides is 2. The van der Waals surface area contributed by atoms with Crippen molar-refractivity contribution in [3.8, 4) is 0 Å². The van der Waals surface area contributed by atoms with Gasteiger partial charge in [-0.15, -0.1) is 0 Å². The number of hydrogen-bond donors (Lipinski definition) is 0. The van der Waals surface area contributed by atoms with Crippen molar-refractivity contribution in [2.75, 3.05) is 24.6 Å². The Morgan fingerprint density at radius 1 is 1.19 bits per heavy atom. The molecule has 0 radical (unpaired) electrons. The molecule has 0 aliphatic carbocycles. The third kappa shape index (κ3) is 3.65. The summed E-state index contributed by atoms with van der Waals surface area (Å²) in [6.07, 6.45) is 2.68. The summed E-state index contributed by atoms with van der Waals surface area (Å²) in [4.78, 5) is 40.7. The Kier molecular flexibility index (Phi) is 5.71. The molecule has 3 rings (SSSR count). The Labute approximate surface area is 154 Å². The van der Waals surface area contributed by atoms with Gasteiger partial charge in [0.2, 0.25) is 5.91 Å². The molecule has 0 saturated carbocycles. The van der Waals surface area contributed by atoms with Gasteiger partial charge in [-0.1, -0.05) is 19.1 Å². The summed E-state index contributed by atoms with van der Waals surface area (Å²) in [7, 11) is 0. The van der Waals surface area contributed by atoms with Gasteiger partial charge < -0.3 is 4.74 Å². The Bertz CT molecular complexity index is 686. The highest BCUT2D eigenvalue weighted by Crippen LogP contribution is 2.29. The van der Waals surface area contributed by atoms with Crippen molar-refractivity contribution in [2.45, 2.75) is 45.6 Å². The van der Waals surface area contributed by atoms with Crippen molar-refractivity contribution < 1.29 is 19.1 Å². The second-order valence-corrected chi connectivity index (χ2v) is 6.89. The molecule has 2 amide bonds. The molecule has 2 atom stereocenters. The molecule has 1 aromatic carbocycles. The van der Waals surface area contributed by atoms with E-state index in [1.165, 1.54) is 4.90 Å². The van der Waals surface area contributed by atoms with Crippen LogP contribution in [0.5, 0.6) is 0 Å². The molecule has 0 bridgehead atoms. The van der Waals surface area contributed by atoms with Crippen LogP contribution in [0.2, 0.25) is 0 Å². The minimum absolute atomic E-state index is 0.171. The lowest BCUT2D eigenvalue weighted by atomic mass is 9.96. The first-order chi connectivity index (χ1) is 12.5. The minimum Gasteiger partial charge on any atom is -0.466 e. The number of nitrogens with zero attached hydrogens (tertiary/aromatic N) is 2. The summed E-state index contributed by atoms with van der Waals surface area (Å²) >= 11 is 0. The van der Waals surface area contributed by atoms with E-state index in [4.69, 9.17) is 4.74 Å². The van der Waals surface area contributed by atoms with Crippen molar-refractivity contribution in [1.82, 2.24) is 4.90 Å². The van der Waals surface area contributed by atoms with E-state index in [9.17, 15) is 14.4 Å². The van der Waals surface area contributed by atoms with E-state index in [2.05, 4.69) is 6.92 Å². The van der Waals surface area contributed by atoms with Gasteiger partial charge in [-0.25, -0.2) is 4.90 Å². The molecule has 2 saturated heterocycles. The van der Waals surface area contributed by atoms with Crippen LogP contribution in [0.3, 0.4) is 0 Å². The number of hydrogen-bond acceptors (Lipinski definition) is 5. The normalized spacial score (nSPS) is 24.2. The van der Waals surface area contributed by atoms with E-state index in [0.29, 0.717) is 18.8 Å². The van der Waals surface area contributed by atoms with Crippen LogP contribution in [0.25, 0.3) is 0 Å². The zero-order valence-corrected chi connectivity index (χ0v) is 15.4. The molecule has 26 heavy (non-hydrogen) atoms. The maximum Gasteiger partial charge on any atom is 0.310 e. The van der Waals surface area contributed by atoms with Gasteiger partial charge in [-0.2, -0.15) is 0 Å². The number of likely N-dealkylation sites (tertiary alicyclic amines) is 1. The summed E-state index contributed by atoms with van der Waals surface area (Å²) in [6.45, 7) is 5.41. The molecular formula is C20H26N2O4. The molecule has 2 aliphatic rings. The van der Waals surface area contributed by atoms with E-state index >= 15 is 0 Å². The fraction of sp³-hybridized carbons (Fsp3) is 0.550. The minimum atomic E-state index is -0.481. The maximum absolute atomic E-state index is 12.9. The van der Waals surface area contributed by atoms with E-state index in [1.807, 2.05) is 29.2 Å². The summed E-state index contributed by atoms with van der Waals surface area (Å²) in [5.41, 5.74) is 1.79. The number of carbonyl (C=O) groups excluding carboxylic acids is 3. The van der Waals surface area contributed by atoms with Crippen molar-refractivity contribution in [2.24, 2.45) is 5.92 Å². The van der Waals surface area contributed by atoms with Crippen LogP contribution in [-0.4, -0.2) is 48.4 Å². The van der Waals surface area contributed by atoms with Crippen LogP contribution >= 0.6 is 0 Å². The molecule has 6 nitrogen and oxygen atoms in total. The average molecular weight is 358 g/mol. The van der Waals surface area contributed by atoms with Gasteiger partial charge in [-0.3, -0.25) is 19.3 Å². The number of aryl methyl sites for hydroxylation is 1. The molecule has 2 fully saturated rings. The number of anilines is 1. The van der Waals surface area contributed by atoms with E-state index in [1.54, 1.807) is 6.92 Å². The number of imide groups is 1. The topological polar surface area (TPSA) is 66.9 Å². The largest absolute Gasteiger partial charge is 0.466 e. The van der Waals surface area contributed by atoms with Gasteiger partial charge in [-0.05, 0) is 50.4 Å². The Morgan fingerprint density at radius 3 is 2.58 bits per heavy atom. The van der Waals surface area contributed by atoms with Gasteiger partial charge in [0.05, 0.1) is 30.7 Å². The molecule has 140 valence electrons. The average Bonchev–Trinajstić information content (AvgIpc) is 2.96.